The summed E-state index contributed by atoms with van der Waals surface area (Å²) >= 11 is 0. The van der Waals surface area contributed by atoms with Crippen LogP contribution in [0.5, 0.6) is 0 Å². The van der Waals surface area contributed by atoms with E-state index in [1.165, 1.54) is 4.90 Å². The quantitative estimate of drug-likeness (QED) is 0.704. The third kappa shape index (κ3) is 5.12. The molecule has 7 nitrogen and oxygen atoms in total. The van der Waals surface area contributed by atoms with Gasteiger partial charge in [-0.1, -0.05) is 36.2 Å². The van der Waals surface area contributed by atoms with Crippen LogP contribution in [0.15, 0.2) is 47.4 Å². The first kappa shape index (κ1) is 23.4. The van der Waals surface area contributed by atoms with Gasteiger partial charge in [0.1, 0.15) is 6.54 Å². The van der Waals surface area contributed by atoms with Gasteiger partial charge in [-0.2, -0.15) is 4.31 Å². The summed E-state index contributed by atoms with van der Waals surface area (Å²) in [7, 11) is -3.59. The van der Waals surface area contributed by atoms with Crippen molar-refractivity contribution >= 4 is 27.5 Å². The van der Waals surface area contributed by atoms with E-state index >= 15 is 0 Å². The third-order valence-corrected chi connectivity index (χ3v) is 8.48. The zero-order valence-electron chi connectivity index (χ0n) is 19.2. The highest BCUT2D eigenvalue weighted by Gasteiger charge is 2.33. The van der Waals surface area contributed by atoms with Crippen LogP contribution in [-0.2, 0) is 32.6 Å². The summed E-state index contributed by atoms with van der Waals surface area (Å²) in [5.41, 5.74) is 3.51. The number of benzene rings is 2. The highest BCUT2D eigenvalue weighted by molar-refractivity contribution is 7.89. The number of anilines is 1. The Labute approximate surface area is 195 Å². The summed E-state index contributed by atoms with van der Waals surface area (Å²) < 4.78 is 28.1. The molecule has 0 spiro atoms. The van der Waals surface area contributed by atoms with E-state index in [2.05, 4.69) is 5.32 Å². The lowest BCUT2D eigenvalue weighted by molar-refractivity contribution is -0.124. The average Bonchev–Trinajstić information content (AvgIpc) is 2.79. The number of fused-ring (bicyclic) bond motifs is 1. The third-order valence-electron chi connectivity index (χ3n) is 6.47. The van der Waals surface area contributed by atoms with E-state index in [1.54, 1.807) is 22.5 Å². The molecule has 0 aliphatic carbocycles. The minimum atomic E-state index is -3.59. The van der Waals surface area contributed by atoms with Gasteiger partial charge in [0.15, 0.2) is 0 Å². The van der Waals surface area contributed by atoms with Crippen molar-refractivity contribution in [1.29, 1.82) is 0 Å². The molecule has 33 heavy (non-hydrogen) atoms. The van der Waals surface area contributed by atoms with E-state index in [1.807, 2.05) is 38.1 Å². The number of hydrogen-bond donors (Lipinski definition) is 1. The fourth-order valence-corrected chi connectivity index (χ4v) is 6.41. The second-order valence-corrected chi connectivity index (χ2v) is 10.9. The predicted molar refractivity (Wildman–Crippen MR) is 127 cm³/mol. The van der Waals surface area contributed by atoms with E-state index in [0.29, 0.717) is 25.2 Å². The second kappa shape index (κ2) is 9.65. The fourth-order valence-electron chi connectivity index (χ4n) is 4.66. The Hall–Kier alpha value is -2.71. The first-order valence-electron chi connectivity index (χ1n) is 11.5. The van der Waals surface area contributed by atoms with Crippen LogP contribution in [0.2, 0.25) is 0 Å². The maximum Gasteiger partial charge on any atom is 0.243 e. The molecule has 1 N–H and O–H groups in total. The summed E-state index contributed by atoms with van der Waals surface area (Å²) in [6.45, 7) is 4.78. The molecule has 2 amide bonds. The summed E-state index contributed by atoms with van der Waals surface area (Å²) in [6.07, 6.45) is 3.50. The topological polar surface area (TPSA) is 86.8 Å². The molecule has 0 aromatic heterocycles. The van der Waals surface area contributed by atoms with Crippen LogP contribution in [0.1, 0.15) is 49.3 Å². The van der Waals surface area contributed by atoms with Gasteiger partial charge in [-0.05, 0) is 62.4 Å². The van der Waals surface area contributed by atoms with Gasteiger partial charge in [0, 0.05) is 31.2 Å². The first-order chi connectivity index (χ1) is 15.8. The zero-order chi connectivity index (χ0) is 23.6. The molecular weight excluding hydrogens is 438 g/mol. The maximum absolute atomic E-state index is 13.2. The molecule has 1 saturated heterocycles. The van der Waals surface area contributed by atoms with Crippen molar-refractivity contribution in [3.63, 3.8) is 0 Å². The molecule has 2 aliphatic rings. The Morgan fingerprint density at radius 1 is 1.12 bits per heavy atom. The normalized spacial score (nSPS) is 19.3. The van der Waals surface area contributed by atoms with E-state index in [9.17, 15) is 18.0 Å². The summed E-state index contributed by atoms with van der Waals surface area (Å²) in [6, 6.07) is 12.8. The largest absolute Gasteiger partial charge is 0.350 e. The number of nitrogens with zero attached hydrogens (tertiary/aromatic N) is 2. The van der Waals surface area contributed by atoms with Crippen molar-refractivity contribution in [2.24, 2.45) is 0 Å². The van der Waals surface area contributed by atoms with Crippen molar-refractivity contribution in [3.05, 3.63) is 59.2 Å². The fraction of sp³-hybridized carbons (Fsp3) is 0.440. The van der Waals surface area contributed by atoms with Crippen LogP contribution >= 0.6 is 0 Å². The Bertz CT molecular complexity index is 1160. The molecule has 0 bridgehead atoms. The average molecular weight is 470 g/mol. The highest BCUT2D eigenvalue weighted by Crippen LogP contribution is 2.32. The lowest BCUT2D eigenvalue weighted by atomic mass is 10.0. The first-order valence-corrected chi connectivity index (χ1v) is 13.0. The Balaban J connectivity index is 1.50. The SMILES string of the molecule is Cc1cccc(CNC(=O)CN2C(=O)CCc3cc(S(=O)(=O)N4CCCC[C@H]4C)ccc32)c1. The van der Waals surface area contributed by atoms with E-state index in [-0.39, 0.29) is 35.7 Å². The number of rotatable bonds is 6. The number of piperidine rings is 1. The van der Waals surface area contributed by atoms with Gasteiger partial charge in [-0.25, -0.2) is 8.42 Å². The van der Waals surface area contributed by atoms with Crippen molar-refractivity contribution < 1.29 is 18.0 Å². The van der Waals surface area contributed by atoms with Gasteiger partial charge >= 0.3 is 0 Å². The predicted octanol–water partition coefficient (Wildman–Crippen LogP) is 3.15. The van der Waals surface area contributed by atoms with Gasteiger partial charge in [0.05, 0.1) is 4.90 Å². The van der Waals surface area contributed by atoms with Crippen LogP contribution in [-0.4, -0.2) is 43.7 Å². The highest BCUT2D eigenvalue weighted by atomic mass is 32.2. The molecule has 1 fully saturated rings. The summed E-state index contributed by atoms with van der Waals surface area (Å²) in [5.74, 6) is -0.384. The molecule has 0 saturated carbocycles. The summed E-state index contributed by atoms with van der Waals surface area (Å²) in [5, 5.41) is 2.87. The van der Waals surface area contributed by atoms with Crippen molar-refractivity contribution in [3.8, 4) is 0 Å². The molecule has 0 unspecified atom stereocenters. The maximum atomic E-state index is 13.2. The van der Waals surface area contributed by atoms with Gasteiger partial charge < -0.3 is 10.2 Å². The van der Waals surface area contributed by atoms with E-state index < -0.39 is 10.0 Å². The lowest BCUT2D eigenvalue weighted by Gasteiger charge is -2.33. The number of sulfonamides is 1. The van der Waals surface area contributed by atoms with E-state index in [4.69, 9.17) is 0 Å². The minimum Gasteiger partial charge on any atom is -0.350 e. The second-order valence-electron chi connectivity index (χ2n) is 9.00. The Kier molecular flexibility index (Phi) is 6.86. The number of amides is 2. The number of aryl methyl sites for hydroxylation is 2. The molecule has 2 aromatic rings. The van der Waals surface area contributed by atoms with Crippen molar-refractivity contribution in [2.45, 2.75) is 63.4 Å². The van der Waals surface area contributed by atoms with Crippen molar-refractivity contribution in [2.75, 3.05) is 18.0 Å². The molecule has 176 valence electrons. The number of hydrogen-bond acceptors (Lipinski definition) is 4. The monoisotopic (exact) mass is 469 g/mol. The Morgan fingerprint density at radius 3 is 2.70 bits per heavy atom. The Morgan fingerprint density at radius 2 is 1.94 bits per heavy atom. The molecule has 0 radical (unpaired) electrons. The van der Waals surface area contributed by atoms with Crippen LogP contribution in [0.3, 0.4) is 0 Å². The van der Waals surface area contributed by atoms with Crippen LogP contribution in [0.25, 0.3) is 0 Å². The molecule has 8 heteroatoms. The van der Waals surface area contributed by atoms with Crippen LogP contribution in [0, 0.1) is 6.92 Å². The number of carbonyl (C=O) groups excluding carboxylic acids is 2. The standard InChI is InChI=1S/C25H31N3O4S/c1-18-6-5-8-20(14-18)16-26-24(29)17-27-23-11-10-22(15-21(23)9-12-25(27)30)33(31,32)28-13-4-3-7-19(28)2/h5-6,8,10-11,14-15,19H,3-4,7,9,12-13,16-17H2,1-2H3,(H,26,29)/t19-/m1/s1. The van der Waals surface area contributed by atoms with Gasteiger partial charge in [0.25, 0.3) is 0 Å². The molecular formula is C25H31N3O4S. The number of nitrogens with one attached hydrogen (secondary N) is 1. The van der Waals surface area contributed by atoms with Crippen LogP contribution in [0.4, 0.5) is 5.69 Å². The van der Waals surface area contributed by atoms with Gasteiger partial charge in [-0.3, -0.25) is 9.59 Å². The summed E-state index contributed by atoms with van der Waals surface area (Å²) in [4.78, 5) is 26.9. The van der Waals surface area contributed by atoms with Gasteiger partial charge in [0.2, 0.25) is 21.8 Å². The van der Waals surface area contributed by atoms with Crippen LogP contribution < -0.4 is 10.2 Å². The number of carbonyl (C=O) groups is 2. The zero-order valence-corrected chi connectivity index (χ0v) is 20.0. The molecule has 1 atom stereocenters. The van der Waals surface area contributed by atoms with E-state index in [0.717, 1.165) is 36.0 Å². The minimum absolute atomic E-state index is 0.0186. The molecule has 2 aliphatic heterocycles. The van der Waals surface area contributed by atoms with Gasteiger partial charge in [-0.15, -0.1) is 0 Å². The van der Waals surface area contributed by atoms with Crippen molar-refractivity contribution in [1.82, 2.24) is 9.62 Å². The molecule has 4 rings (SSSR count). The smallest absolute Gasteiger partial charge is 0.243 e. The molecule has 2 aromatic carbocycles. The molecule has 2 heterocycles. The lowest BCUT2D eigenvalue weighted by Crippen LogP contribution is -2.43.